The lowest BCUT2D eigenvalue weighted by Crippen LogP contribution is -2.35. The molecule has 184 valence electrons. The van der Waals surface area contributed by atoms with E-state index in [0.29, 0.717) is 41.2 Å². The summed E-state index contributed by atoms with van der Waals surface area (Å²) in [6.07, 6.45) is 0.590. The van der Waals surface area contributed by atoms with Gasteiger partial charge in [-0.2, -0.15) is 0 Å². The van der Waals surface area contributed by atoms with Crippen molar-refractivity contribution in [2.24, 2.45) is 23.3 Å². The summed E-state index contributed by atoms with van der Waals surface area (Å²) in [4.78, 5) is 24.6. The largest absolute Gasteiger partial charge is 0.460 e. The van der Waals surface area contributed by atoms with Gasteiger partial charge in [0, 0.05) is 17.2 Å². The Morgan fingerprint density at radius 1 is 0.882 bits per heavy atom. The van der Waals surface area contributed by atoms with E-state index in [1.165, 1.54) is 0 Å². The maximum atomic E-state index is 12.3. The van der Waals surface area contributed by atoms with E-state index in [0.717, 1.165) is 6.42 Å². The number of hydrogen-bond acceptors (Lipinski definition) is 8. The lowest BCUT2D eigenvalue weighted by molar-refractivity contribution is -0.137. The molecule has 0 saturated heterocycles. The zero-order valence-electron chi connectivity index (χ0n) is 20.1. The zero-order valence-corrected chi connectivity index (χ0v) is 20.1. The second-order valence-corrected chi connectivity index (χ2v) is 9.53. The number of aliphatic hydroxyl groups is 1. The lowest BCUT2D eigenvalue weighted by atomic mass is 9.95. The molecule has 2 aromatic carbocycles. The molecule has 0 aliphatic carbocycles. The Hall–Kier alpha value is -2.94. The Kier molecular flexibility index (Phi) is 8.30. The molecule has 2 aromatic rings. The third-order valence-corrected chi connectivity index (χ3v) is 5.59. The van der Waals surface area contributed by atoms with Crippen LogP contribution in [0.1, 0.15) is 58.8 Å². The third-order valence-electron chi connectivity index (χ3n) is 5.59. The predicted molar refractivity (Wildman–Crippen MR) is 128 cm³/mol. The molecule has 0 aromatic heterocycles. The minimum Gasteiger partial charge on any atom is -0.460 e. The van der Waals surface area contributed by atoms with E-state index in [1.807, 2.05) is 13.8 Å². The molecule has 0 spiro atoms. The smallest absolute Gasteiger partial charge is 0.328 e. The number of rotatable bonds is 9. The van der Waals surface area contributed by atoms with Crippen molar-refractivity contribution in [1.29, 1.82) is 0 Å². The Bertz CT molecular complexity index is 1040. The summed E-state index contributed by atoms with van der Waals surface area (Å²) in [5.41, 5.74) is 13.7. The first kappa shape index (κ1) is 25.7. The fraction of sp³-hybridized carbons (Fsp3) is 0.462. The van der Waals surface area contributed by atoms with E-state index < -0.39 is 30.3 Å². The molecule has 0 bridgehead atoms. The van der Waals surface area contributed by atoms with Crippen molar-refractivity contribution < 1.29 is 28.9 Å². The van der Waals surface area contributed by atoms with Crippen molar-refractivity contribution in [2.45, 2.75) is 65.3 Å². The molecule has 5 N–H and O–H groups in total. The number of hydrogen-bond donors (Lipinski definition) is 3. The molecule has 1 aliphatic heterocycles. The SMILES string of the molecule is CC(C)CC[C@@H](N)C(=O)Oc1ccc2c(c1)C(O)Oc1cc(OC(=O)[C@H](N)CC(C)C)ccc1-2. The standard InChI is InChI=1S/C26H34N2O6/c1-14(2)5-10-21(27)25(30)32-16-6-8-18-19-9-7-17(33-26(31)22(28)11-15(3)4)13-23(19)34-24(29)20(18)12-16/h6-9,12-15,21-22,24,29H,5,10-11,27-28H2,1-4H3/t21-,22-,24?/m1/s1. The van der Waals surface area contributed by atoms with Crippen LogP contribution < -0.4 is 25.7 Å². The molecular formula is C26H34N2O6. The highest BCUT2D eigenvalue weighted by Crippen LogP contribution is 2.44. The molecule has 0 amide bonds. The second kappa shape index (κ2) is 11.0. The summed E-state index contributed by atoms with van der Waals surface area (Å²) >= 11 is 0. The highest BCUT2D eigenvalue weighted by molar-refractivity contribution is 5.81. The van der Waals surface area contributed by atoms with Crippen LogP contribution in [0.4, 0.5) is 0 Å². The fourth-order valence-corrected chi connectivity index (χ4v) is 3.74. The first-order chi connectivity index (χ1) is 16.0. The van der Waals surface area contributed by atoms with E-state index in [-0.39, 0.29) is 17.4 Å². The van der Waals surface area contributed by atoms with Crippen LogP contribution in [0.2, 0.25) is 0 Å². The number of aliphatic hydroxyl groups excluding tert-OH is 1. The number of ether oxygens (including phenoxy) is 3. The first-order valence-electron chi connectivity index (χ1n) is 11.6. The molecule has 0 radical (unpaired) electrons. The molecule has 8 nitrogen and oxygen atoms in total. The minimum absolute atomic E-state index is 0.265. The van der Waals surface area contributed by atoms with Crippen LogP contribution >= 0.6 is 0 Å². The Labute approximate surface area is 200 Å². The molecule has 3 atom stereocenters. The first-order valence-corrected chi connectivity index (χ1v) is 11.6. The van der Waals surface area contributed by atoms with Crippen LogP contribution in [0.5, 0.6) is 17.2 Å². The van der Waals surface area contributed by atoms with Gasteiger partial charge in [-0.1, -0.05) is 33.8 Å². The van der Waals surface area contributed by atoms with Crippen LogP contribution in [-0.2, 0) is 9.59 Å². The van der Waals surface area contributed by atoms with Gasteiger partial charge in [-0.15, -0.1) is 0 Å². The van der Waals surface area contributed by atoms with Crippen LogP contribution in [-0.4, -0.2) is 29.1 Å². The molecule has 0 saturated carbocycles. The molecule has 8 heteroatoms. The fourth-order valence-electron chi connectivity index (χ4n) is 3.74. The van der Waals surface area contributed by atoms with E-state index in [4.69, 9.17) is 25.7 Å². The van der Waals surface area contributed by atoms with Crippen LogP contribution in [0.3, 0.4) is 0 Å². The quantitative estimate of drug-likeness (QED) is 0.373. The number of esters is 2. The Balaban J connectivity index is 1.75. The molecular weight excluding hydrogens is 436 g/mol. The monoisotopic (exact) mass is 470 g/mol. The average Bonchev–Trinajstić information content (AvgIpc) is 2.77. The van der Waals surface area contributed by atoms with Crippen molar-refractivity contribution in [3.05, 3.63) is 42.0 Å². The molecule has 0 fully saturated rings. The molecule has 34 heavy (non-hydrogen) atoms. The number of benzene rings is 2. The summed E-state index contributed by atoms with van der Waals surface area (Å²) in [5.74, 6) is 0.580. The number of fused-ring (bicyclic) bond motifs is 3. The maximum Gasteiger partial charge on any atom is 0.328 e. The summed E-state index contributed by atoms with van der Waals surface area (Å²) in [7, 11) is 0. The van der Waals surface area contributed by atoms with E-state index >= 15 is 0 Å². The van der Waals surface area contributed by atoms with Gasteiger partial charge in [-0.3, -0.25) is 0 Å². The van der Waals surface area contributed by atoms with E-state index in [2.05, 4.69) is 13.8 Å². The summed E-state index contributed by atoms with van der Waals surface area (Å²) < 4.78 is 16.5. The highest BCUT2D eigenvalue weighted by Gasteiger charge is 2.27. The minimum atomic E-state index is -1.29. The summed E-state index contributed by atoms with van der Waals surface area (Å²) in [6, 6.07) is 8.45. The van der Waals surface area contributed by atoms with Gasteiger partial charge in [0.25, 0.3) is 0 Å². The number of carbonyl (C=O) groups is 2. The molecule has 1 heterocycles. The molecule has 3 rings (SSSR count). The Morgan fingerprint density at radius 3 is 2.09 bits per heavy atom. The summed E-state index contributed by atoms with van der Waals surface area (Å²) in [5, 5.41) is 10.6. The van der Waals surface area contributed by atoms with Crippen molar-refractivity contribution in [3.8, 4) is 28.4 Å². The van der Waals surface area contributed by atoms with Crippen molar-refractivity contribution in [2.75, 3.05) is 0 Å². The Morgan fingerprint density at radius 2 is 1.47 bits per heavy atom. The van der Waals surface area contributed by atoms with Gasteiger partial charge in [0.1, 0.15) is 29.3 Å². The van der Waals surface area contributed by atoms with Gasteiger partial charge < -0.3 is 30.8 Å². The average molecular weight is 471 g/mol. The van der Waals surface area contributed by atoms with Gasteiger partial charge in [0.05, 0.1) is 0 Å². The van der Waals surface area contributed by atoms with Crippen molar-refractivity contribution in [3.63, 3.8) is 0 Å². The second-order valence-electron chi connectivity index (χ2n) is 9.53. The van der Waals surface area contributed by atoms with E-state index in [9.17, 15) is 14.7 Å². The predicted octanol–water partition coefficient (Wildman–Crippen LogP) is 3.68. The van der Waals surface area contributed by atoms with Gasteiger partial charge in [0.2, 0.25) is 6.29 Å². The van der Waals surface area contributed by atoms with Crippen LogP contribution in [0.25, 0.3) is 11.1 Å². The zero-order chi connectivity index (χ0) is 25.0. The number of nitrogens with two attached hydrogens (primary N) is 2. The van der Waals surface area contributed by atoms with Gasteiger partial charge >= 0.3 is 11.9 Å². The summed E-state index contributed by atoms with van der Waals surface area (Å²) in [6.45, 7) is 8.09. The van der Waals surface area contributed by atoms with Crippen LogP contribution in [0.15, 0.2) is 36.4 Å². The third kappa shape index (κ3) is 6.34. The van der Waals surface area contributed by atoms with Gasteiger partial charge in [-0.05, 0) is 60.9 Å². The molecule has 1 unspecified atom stereocenters. The topological polar surface area (TPSA) is 134 Å². The lowest BCUT2D eigenvalue weighted by Gasteiger charge is -2.26. The van der Waals surface area contributed by atoms with Crippen LogP contribution in [0, 0.1) is 11.8 Å². The van der Waals surface area contributed by atoms with Gasteiger partial charge in [-0.25, -0.2) is 9.59 Å². The van der Waals surface area contributed by atoms with E-state index in [1.54, 1.807) is 36.4 Å². The highest BCUT2D eigenvalue weighted by atomic mass is 16.6. The van der Waals surface area contributed by atoms with Crippen molar-refractivity contribution in [1.82, 2.24) is 0 Å². The maximum absolute atomic E-state index is 12.3. The molecule has 1 aliphatic rings. The van der Waals surface area contributed by atoms with Crippen molar-refractivity contribution >= 4 is 11.9 Å². The van der Waals surface area contributed by atoms with Gasteiger partial charge in [0.15, 0.2) is 0 Å². The normalized spacial score (nSPS) is 16.3. The number of carbonyl (C=O) groups excluding carboxylic acids is 2.